The van der Waals surface area contributed by atoms with Gasteiger partial charge in [-0.3, -0.25) is 14.2 Å². The molecule has 37 heavy (non-hydrogen) atoms. The molecule has 0 aliphatic carbocycles. The molecule has 0 saturated carbocycles. The fraction of sp³-hybridized carbons (Fsp3) is 0.517. The number of esters is 1. The van der Waals surface area contributed by atoms with Crippen LogP contribution < -0.4 is 10.5 Å². The van der Waals surface area contributed by atoms with E-state index < -0.39 is 5.60 Å². The van der Waals surface area contributed by atoms with Gasteiger partial charge >= 0.3 is 5.97 Å². The molecule has 1 aromatic carbocycles. The molecule has 196 valence electrons. The van der Waals surface area contributed by atoms with Crippen LogP contribution in [-0.4, -0.2) is 39.2 Å². The van der Waals surface area contributed by atoms with Crippen molar-refractivity contribution in [1.82, 2.24) is 14.5 Å². The van der Waals surface area contributed by atoms with E-state index >= 15 is 0 Å². The van der Waals surface area contributed by atoms with Gasteiger partial charge < -0.3 is 14.6 Å². The normalized spacial score (nSPS) is 17.8. The summed E-state index contributed by atoms with van der Waals surface area (Å²) in [5.74, 6) is 0.421. The average molecular weight is 504 g/mol. The van der Waals surface area contributed by atoms with Gasteiger partial charge in [-0.15, -0.1) is 0 Å². The first kappa shape index (κ1) is 26.5. The Morgan fingerprint density at radius 2 is 2.05 bits per heavy atom. The molecule has 0 spiro atoms. The second-order valence-corrected chi connectivity index (χ2v) is 11.1. The lowest BCUT2D eigenvalue weighted by Crippen LogP contribution is -2.46. The molecule has 1 aliphatic heterocycles. The van der Waals surface area contributed by atoms with E-state index in [9.17, 15) is 14.9 Å². The number of H-pyrrole nitrogens is 1. The molecule has 3 atom stereocenters. The van der Waals surface area contributed by atoms with Gasteiger partial charge in [-0.05, 0) is 63.1 Å². The van der Waals surface area contributed by atoms with Crippen molar-refractivity contribution in [3.63, 3.8) is 0 Å². The van der Waals surface area contributed by atoms with Crippen LogP contribution in [0.2, 0.25) is 0 Å². The highest BCUT2D eigenvalue weighted by Gasteiger charge is 2.38. The standard InChI is InChI=1S/C29H37N5O3/c1-6-19(2)24(27(36)37-29(3,4)5)22-12-9-15-33(17-22)28-32-25-23(13-14-31-25)26(35)34(28)18-21-11-8-7-10-20(21)16-30/h7-8,10-11,13-14,19,22,24,31H,6,9,12,15,17-18H2,1-5H3/t19?,22-,24?/m1/s1. The largest absolute Gasteiger partial charge is 0.460 e. The number of aromatic amines is 1. The minimum atomic E-state index is -0.550. The molecule has 2 aromatic heterocycles. The van der Waals surface area contributed by atoms with Crippen molar-refractivity contribution in [3.05, 3.63) is 58.0 Å². The predicted molar refractivity (Wildman–Crippen MR) is 144 cm³/mol. The maximum atomic E-state index is 13.6. The summed E-state index contributed by atoms with van der Waals surface area (Å²) in [4.78, 5) is 37.0. The molecule has 1 fully saturated rings. The highest BCUT2D eigenvalue weighted by atomic mass is 16.6. The first-order valence-electron chi connectivity index (χ1n) is 13.2. The minimum absolute atomic E-state index is 0.0784. The van der Waals surface area contributed by atoms with E-state index in [0.29, 0.717) is 29.1 Å². The number of nitriles is 1. The fourth-order valence-corrected chi connectivity index (χ4v) is 5.34. The number of aromatic nitrogens is 3. The number of nitrogens with one attached hydrogen (secondary N) is 1. The molecule has 1 aliphatic rings. The lowest BCUT2D eigenvalue weighted by Gasteiger charge is -2.39. The molecule has 3 heterocycles. The summed E-state index contributed by atoms with van der Waals surface area (Å²) in [7, 11) is 0. The number of carbonyl (C=O) groups excluding carboxylic acids is 1. The monoisotopic (exact) mass is 503 g/mol. The van der Waals surface area contributed by atoms with Gasteiger partial charge in [-0.25, -0.2) is 0 Å². The Hall–Kier alpha value is -3.60. The minimum Gasteiger partial charge on any atom is -0.460 e. The third-order valence-corrected chi connectivity index (χ3v) is 7.30. The number of fused-ring (bicyclic) bond motifs is 1. The summed E-state index contributed by atoms with van der Waals surface area (Å²) in [6.45, 7) is 11.5. The van der Waals surface area contributed by atoms with Crippen LogP contribution in [0.25, 0.3) is 11.0 Å². The third kappa shape index (κ3) is 5.71. The van der Waals surface area contributed by atoms with Crippen LogP contribution in [0.1, 0.15) is 65.0 Å². The van der Waals surface area contributed by atoms with E-state index in [1.54, 1.807) is 22.9 Å². The summed E-state index contributed by atoms with van der Waals surface area (Å²) < 4.78 is 7.51. The van der Waals surface area contributed by atoms with Crippen LogP contribution in [0.5, 0.6) is 0 Å². The van der Waals surface area contributed by atoms with Gasteiger partial charge in [-0.1, -0.05) is 38.5 Å². The molecule has 0 bridgehead atoms. The Balaban J connectivity index is 1.73. The number of nitrogens with zero attached hydrogens (tertiary/aromatic N) is 4. The van der Waals surface area contributed by atoms with E-state index in [1.807, 2.05) is 39.0 Å². The molecule has 8 nitrogen and oxygen atoms in total. The first-order chi connectivity index (χ1) is 17.6. The quantitative estimate of drug-likeness (QED) is 0.462. The van der Waals surface area contributed by atoms with Crippen LogP contribution in [0.4, 0.5) is 5.95 Å². The molecule has 3 aromatic rings. The van der Waals surface area contributed by atoms with Gasteiger partial charge in [0.2, 0.25) is 5.95 Å². The molecule has 2 unspecified atom stereocenters. The number of hydrogen-bond acceptors (Lipinski definition) is 6. The highest BCUT2D eigenvalue weighted by molar-refractivity contribution is 5.76. The number of carbonyl (C=O) groups is 1. The number of piperidine rings is 1. The van der Waals surface area contributed by atoms with Crippen molar-refractivity contribution in [3.8, 4) is 6.07 Å². The molecule has 0 amide bonds. The topological polar surface area (TPSA) is 104 Å². The summed E-state index contributed by atoms with van der Waals surface area (Å²) in [6.07, 6.45) is 4.39. The van der Waals surface area contributed by atoms with Crippen LogP contribution >= 0.6 is 0 Å². The zero-order valence-electron chi connectivity index (χ0n) is 22.5. The third-order valence-electron chi connectivity index (χ3n) is 7.30. The molecule has 1 N–H and O–H groups in total. The Bertz CT molecular complexity index is 1360. The molecule has 4 rings (SSSR count). The van der Waals surface area contributed by atoms with E-state index in [4.69, 9.17) is 9.72 Å². The zero-order valence-corrected chi connectivity index (χ0v) is 22.5. The van der Waals surface area contributed by atoms with Crippen molar-refractivity contribution in [1.29, 1.82) is 5.26 Å². The molecule has 1 saturated heterocycles. The van der Waals surface area contributed by atoms with Crippen molar-refractivity contribution in [2.24, 2.45) is 17.8 Å². The lowest BCUT2D eigenvalue weighted by molar-refractivity contribution is -0.164. The van der Waals surface area contributed by atoms with Gasteiger partial charge in [-0.2, -0.15) is 10.2 Å². The SMILES string of the molecule is CCC(C)C(C(=O)OC(C)(C)C)[C@@H]1CCCN(c2nc3[nH]ccc3c(=O)n2Cc2ccccc2C#N)C1. The van der Waals surface area contributed by atoms with Gasteiger partial charge in [0, 0.05) is 19.3 Å². The maximum Gasteiger partial charge on any atom is 0.310 e. The highest BCUT2D eigenvalue weighted by Crippen LogP contribution is 2.34. The van der Waals surface area contributed by atoms with E-state index in [0.717, 1.165) is 31.4 Å². The number of rotatable bonds is 7. The molecular formula is C29H37N5O3. The average Bonchev–Trinajstić information content (AvgIpc) is 3.34. The number of anilines is 1. The fourth-order valence-electron chi connectivity index (χ4n) is 5.34. The molecule has 0 radical (unpaired) electrons. The van der Waals surface area contributed by atoms with Gasteiger partial charge in [0.15, 0.2) is 0 Å². The number of benzene rings is 1. The molecule has 8 heteroatoms. The number of ether oxygens (including phenoxy) is 1. The summed E-state index contributed by atoms with van der Waals surface area (Å²) in [5.41, 5.74) is 1.14. The van der Waals surface area contributed by atoms with E-state index in [1.165, 1.54) is 0 Å². The lowest BCUT2D eigenvalue weighted by atomic mass is 9.77. The Labute approximate surface area is 218 Å². The maximum absolute atomic E-state index is 13.6. The number of hydrogen-bond donors (Lipinski definition) is 1. The van der Waals surface area contributed by atoms with Crippen LogP contribution in [0.15, 0.2) is 41.3 Å². The predicted octanol–water partition coefficient (Wildman–Crippen LogP) is 4.86. The summed E-state index contributed by atoms with van der Waals surface area (Å²) in [6, 6.07) is 11.3. The first-order valence-corrected chi connectivity index (χ1v) is 13.2. The van der Waals surface area contributed by atoms with Crippen molar-refractivity contribution >= 4 is 23.0 Å². The van der Waals surface area contributed by atoms with Gasteiger partial charge in [0.1, 0.15) is 11.2 Å². The van der Waals surface area contributed by atoms with Gasteiger partial charge in [0.25, 0.3) is 5.56 Å². The van der Waals surface area contributed by atoms with Crippen LogP contribution in [0, 0.1) is 29.1 Å². The van der Waals surface area contributed by atoms with Crippen molar-refractivity contribution in [2.75, 3.05) is 18.0 Å². The van der Waals surface area contributed by atoms with Crippen LogP contribution in [0.3, 0.4) is 0 Å². The molecular weight excluding hydrogens is 466 g/mol. The second-order valence-electron chi connectivity index (χ2n) is 11.1. The Kier molecular flexibility index (Phi) is 7.72. The smallest absolute Gasteiger partial charge is 0.310 e. The Morgan fingerprint density at radius 3 is 2.76 bits per heavy atom. The van der Waals surface area contributed by atoms with Crippen LogP contribution in [-0.2, 0) is 16.1 Å². The second kappa shape index (κ2) is 10.8. The van der Waals surface area contributed by atoms with E-state index in [2.05, 4.69) is 29.8 Å². The van der Waals surface area contributed by atoms with E-state index in [-0.39, 0.29) is 35.8 Å². The zero-order chi connectivity index (χ0) is 26.7. The van der Waals surface area contributed by atoms with Crippen molar-refractivity contribution < 1.29 is 9.53 Å². The van der Waals surface area contributed by atoms with Gasteiger partial charge in [0.05, 0.1) is 29.5 Å². The Morgan fingerprint density at radius 1 is 1.30 bits per heavy atom. The summed E-state index contributed by atoms with van der Waals surface area (Å²) >= 11 is 0. The summed E-state index contributed by atoms with van der Waals surface area (Å²) in [5, 5.41) is 10.1. The van der Waals surface area contributed by atoms with Crippen molar-refractivity contribution in [2.45, 2.75) is 66.0 Å².